The van der Waals surface area contributed by atoms with E-state index in [0.29, 0.717) is 24.9 Å². The molecule has 1 saturated heterocycles. The molecule has 2 aromatic heterocycles. The van der Waals surface area contributed by atoms with E-state index in [0.717, 1.165) is 12.3 Å². The molecule has 0 aromatic carbocycles. The predicted octanol–water partition coefficient (Wildman–Crippen LogP) is 2.17. The minimum atomic E-state index is -4.49. The zero-order chi connectivity index (χ0) is 16.4. The fourth-order valence-corrected chi connectivity index (χ4v) is 2.11. The van der Waals surface area contributed by atoms with E-state index in [1.165, 1.54) is 13.2 Å². The van der Waals surface area contributed by atoms with Crippen molar-refractivity contribution < 1.29 is 22.6 Å². The van der Waals surface area contributed by atoms with Crippen molar-refractivity contribution >= 4 is 5.95 Å². The van der Waals surface area contributed by atoms with E-state index in [4.69, 9.17) is 9.47 Å². The molecule has 0 atom stereocenters. The Hall–Kier alpha value is -2.58. The average molecular weight is 326 g/mol. The highest BCUT2D eigenvalue weighted by atomic mass is 19.4. The Morgan fingerprint density at radius 3 is 2.61 bits per heavy atom. The molecule has 0 spiro atoms. The van der Waals surface area contributed by atoms with Gasteiger partial charge < -0.3 is 14.4 Å². The van der Waals surface area contributed by atoms with Gasteiger partial charge in [-0.15, -0.1) is 0 Å². The van der Waals surface area contributed by atoms with Gasteiger partial charge in [0.1, 0.15) is 17.5 Å². The van der Waals surface area contributed by atoms with Crippen LogP contribution >= 0.6 is 0 Å². The number of hydrogen-bond acceptors (Lipinski definition) is 6. The Kier molecular flexibility index (Phi) is 3.93. The van der Waals surface area contributed by atoms with Crippen molar-refractivity contribution in [1.82, 2.24) is 15.0 Å². The van der Waals surface area contributed by atoms with Crippen LogP contribution in [0.25, 0.3) is 0 Å². The fraction of sp³-hybridized carbons (Fsp3) is 0.357. The second-order valence-electron chi connectivity index (χ2n) is 4.92. The van der Waals surface area contributed by atoms with Gasteiger partial charge in [0.15, 0.2) is 0 Å². The van der Waals surface area contributed by atoms with E-state index in [9.17, 15) is 13.2 Å². The fourth-order valence-electron chi connectivity index (χ4n) is 2.11. The monoisotopic (exact) mass is 326 g/mol. The van der Waals surface area contributed by atoms with Crippen molar-refractivity contribution in [3.8, 4) is 11.6 Å². The molecule has 1 fully saturated rings. The Labute approximate surface area is 129 Å². The topological polar surface area (TPSA) is 60.4 Å². The van der Waals surface area contributed by atoms with Crippen LogP contribution in [0.4, 0.5) is 19.1 Å². The first-order valence-corrected chi connectivity index (χ1v) is 6.77. The molecule has 0 N–H and O–H groups in total. The summed E-state index contributed by atoms with van der Waals surface area (Å²) < 4.78 is 48.3. The molecule has 0 bridgehead atoms. The van der Waals surface area contributed by atoms with Gasteiger partial charge in [0.25, 0.3) is 0 Å². The highest BCUT2D eigenvalue weighted by Crippen LogP contribution is 2.30. The maximum Gasteiger partial charge on any atom is 0.433 e. The van der Waals surface area contributed by atoms with Crippen molar-refractivity contribution in [1.29, 1.82) is 0 Å². The van der Waals surface area contributed by atoms with Crippen LogP contribution < -0.4 is 14.4 Å². The van der Waals surface area contributed by atoms with Crippen LogP contribution in [-0.2, 0) is 6.18 Å². The summed E-state index contributed by atoms with van der Waals surface area (Å²) in [6.45, 7) is 0.966. The lowest BCUT2D eigenvalue weighted by molar-refractivity contribution is -0.141. The number of alkyl halides is 3. The first-order valence-electron chi connectivity index (χ1n) is 6.77. The molecule has 122 valence electrons. The van der Waals surface area contributed by atoms with Gasteiger partial charge in [-0.1, -0.05) is 0 Å². The summed E-state index contributed by atoms with van der Waals surface area (Å²) >= 11 is 0. The molecule has 6 nitrogen and oxygen atoms in total. The first kappa shape index (κ1) is 15.3. The number of anilines is 1. The first-order chi connectivity index (χ1) is 11.0. The highest BCUT2D eigenvalue weighted by molar-refractivity contribution is 5.37. The minimum Gasteiger partial charge on any atom is -0.487 e. The Balaban J connectivity index is 1.60. The van der Waals surface area contributed by atoms with Gasteiger partial charge in [0.05, 0.1) is 20.2 Å². The molecule has 0 unspecified atom stereocenters. The predicted molar refractivity (Wildman–Crippen MR) is 74.5 cm³/mol. The minimum absolute atomic E-state index is 0.142. The van der Waals surface area contributed by atoms with E-state index in [1.54, 1.807) is 12.3 Å². The Bertz CT molecular complexity index is 690. The number of ether oxygens (including phenoxy) is 2. The van der Waals surface area contributed by atoms with Crippen molar-refractivity contribution in [2.24, 2.45) is 0 Å². The number of pyridine rings is 1. The third-order valence-corrected chi connectivity index (χ3v) is 3.28. The summed E-state index contributed by atoms with van der Waals surface area (Å²) in [4.78, 5) is 13.4. The zero-order valence-electron chi connectivity index (χ0n) is 12.1. The van der Waals surface area contributed by atoms with Gasteiger partial charge in [0.2, 0.25) is 11.8 Å². The standard InChI is InChI=1S/C14H13F3N4O2/c1-22-12-3-5-19-13(20-12)21-7-10(8-21)23-9-2-4-18-11(6-9)14(15,16)17/h2-6,10H,7-8H2,1H3. The normalized spacial score (nSPS) is 15.2. The molecule has 1 aliphatic heterocycles. The molecular formula is C14H13F3N4O2. The molecule has 3 heterocycles. The van der Waals surface area contributed by atoms with Gasteiger partial charge in [-0.3, -0.25) is 4.98 Å². The van der Waals surface area contributed by atoms with Crippen LogP contribution in [0.3, 0.4) is 0 Å². The SMILES string of the molecule is COc1ccnc(N2CC(Oc3ccnc(C(F)(F)F)c3)C2)n1. The molecule has 9 heteroatoms. The molecule has 0 amide bonds. The average Bonchev–Trinajstić information content (AvgIpc) is 2.50. The van der Waals surface area contributed by atoms with Gasteiger partial charge >= 0.3 is 6.18 Å². The summed E-state index contributed by atoms with van der Waals surface area (Å²) in [5.41, 5.74) is -0.970. The molecule has 0 aliphatic carbocycles. The van der Waals surface area contributed by atoms with Gasteiger partial charge in [-0.25, -0.2) is 4.98 Å². The lowest BCUT2D eigenvalue weighted by Gasteiger charge is -2.38. The highest BCUT2D eigenvalue weighted by Gasteiger charge is 2.34. The molecule has 1 aliphatic rings. The Morgan fingerprint density at radius 1 is 1.17 bits per heavy atom. The summed E-state index contributed by atoms with van der Waals surface area (Å²) in [7, 11) is 1.51. The van der Waals surface area contributed by atoms with E-state index in [-0.39, 0.29) is 11.9 Å². The number of nitrogens with zero attached hydrogens (tertiary/aromatic N) is 4. The maximum atomic E-state index is 12.6. The van der Waals surface area contributed by atoms with Crippen LogP contribution in [0, 0.1) is 0 Å². The van der Waals surface area contributed by atoms with E-state index in [2.05, 4.69) is 15.0 Å². The van der Waals surface area contributed by atoms with Crippen molar-refractivity contribution in [2.45, 2.75) is 12.3 Å². The van der Waals surface area contributed by atoms with E-state index in [1.807, 2.05) is 4.90 Å². The number of halogens is 3. The van der Waals surface area contributed by atoms with Crippen molar-refractivity contribution in [3.05, 3.63) is 36.3 Å². The second kappa shape index (κ2) is 5.90. The number of aromatic nitrogens is 3. The number of hydrogen-bond donors (Lipinski definition) is 0. The second-order valence-corrected chi connectivity index (χ2v) is 4.92. The van der Waals surface area contributed by atoms with Crippen LogP contribution in [0.2, 0.25) is 0 Å². The lowest BCUT2D eigenvalue weighted by atomic mass is 10.2. The molecule has 0 radical (unpaired) electrons. The largest absolute Gasteiger partial charge is 0.487 e. The lowest BCUT2D eigenvalue weighted by Crippen LogP contribution is -2.54. The number of rotatable bonds is 4. The summed E-state index contributed by atoms with van der Waals surface area (Å²) in [6, 6.07) is 3.93. The third kappa shape index (κ3) is 3.43. The molecule has 0 saturated carbocycles. The van der Waals surface area contributed by atoms with Crippen molar-refractivity contribution in [2.75, 3.05) is 25.1 Å². The van der Waals surface area contributed by atoms with Gasteiger partial charge in [0, 0.05) is 24.5 Å². The number of methoxy groups -OCH3 is 1. The Morgan fingerprint density at radius 2 is 1.91 bits per heavy atom. The van der Waals surface area contributed by atoms with Crippen LogP contribution in [0.5, 0.6) is 11.6 Å². The summed E-state index contributed by atoms with van der Waals surface area (Å²) in [5, 5.41) is 0. The smallest absolute Gasteiger partial charge is 0.433 e. The van der Waals surface area contributed by atoms with Gasteiger partial charge in [-0.05, 0) is 6.07 Å². The summed E-state index contributed by atoms with van der Waals surface area (Å²) in [6.07, 6.45) is -2.05. The van der Waals surface area contributed by atoms with Crippen LogP contribution in [0.15, 0.2) is 30.6 Å². The van der Waals surface area contributed by atoms with Crippen molar-refractivity contribution in [3.63, 3.8) is 0 Å². The van der Waals surface area contributed by atoms with Crippen LogP contribution in [-0.4, -0.2) is 41.3 Å². The van der Waals surface area contributed by atoms with E-state index < -0.39 is 11.9 Å². The molecule has 3 rings (SSSR count). The van der Waals surface area contributed by atoms with E-state index >= 15 is 0 Å². The quantitative estimate of drug-likeness (QED) is 0.858. The molecular weight excluding hydrogens is 313 g/mol. The van der Waals surface area contributed by atoms with Gasteiger partial charge in [-0.2, -0.15) is 18.2 Å². The third-order valence-electron chi connectivity index (χ3n) is 3.28. The zero-order valence-corrected chi connectivity index (χ0v) is 12.1. The summed E-state index contributed by atoms with van der Waals surface area (Å²) in [5.74, 6) is 1.08. The maximum absolute atomic E-state index is 12.6. The molecule has 2 aromatic rings. The molecule has 23 heavy (non-hydrogen) atoms. The van der Waals surface area contributed by atoms with Crippen LogP contribution in [0.1, 0.15) is 5.69 Å².